The Morgan fingerprint density at radius 1 is 1.22 bits per heavy atom. The van der Waals surface area contributed by atoms with Crippen molar-refractivity contribution < 1.29 is 23.2 Å². The van der Waals surface area contributed by atoms with Crippen LogP contribution >= 0.6 is 11.6 Å². The number of benzene rings is 1. The first-order valence-corrected chi connectivity index (χ1v) is 10.1. The average Bonchev–Trinajstić information content (AvgIpc) is 3.30. The molecule has 1 aromatic carbocycles. The number of aromatic nitrogens is 2. The molecule has 0 spiro atoms. The molecule has 4 aromatic rings. The van der Waals surface area contributed by atoms with Crippen molar-refractivity contribution in [1.29, 1.82) is 5.26 Å². The van der Waals surface area contributed by atoms with Crippen LogP contribution in [0.25, 0.3) is 22.4 Å². The van der Waals surface area contributed by atoms with E-state index in [1.165, 1.54) is 12.1 Å². The zero-order valence-electron chi connectivity index (χ0n) is 17.8. The Balaban J connectivity index is 1.83. The molecule has 0 amide bonds. The van der Waals surface area contributed by atoms with E-state index in [0.717, 1.165) is 5.56 Å². The molecule has 0 N–H and O–H groups in total. The van der Waals surface area contributed by atoms with Gasteiger partial charge in [-0.1, -0.05) is 16.8 Å². The molecule has 0 unspecified atom stereocenters. The summed E-state index contributed by atoms with van der Waals surface area (Å²) in [4.78, 5) is 17.8. The van der Waals surface area contributed by atoms with E-state index in [2.05, 4.69) is 10.1 Å². The molecule has 3 aromatic heterocycles. The highest BCUT2D eigenvalue weighted by Gasteiger charge is 2.24. The van der Waals surface area contributed by atoms with Crippen molar-refractivity contribution in [3.63, 3.8) is 0 Å². The lowest BCUT2D eigenvalue weighted by molar-refractivity contribution is 0.0730. The number of pyridine rings is 1. The predicted octanol–water partition coefficient (Wildman–Crippen LogP) is 5.55. The fraction of sp³-hybridized carbons (Fsp3) is 0.217. The second-order valence-corrected chi connectivity index (χ2v) is 7.46. The third kappa shape index (κ3) is 3.79. The van der Waals surface area contributed by atoms with Gasteiger partial charge >= 0.3 is 5.97 Å². The molecule has 9 heteroatoms. The Morgan fingerprint density at radius 2 is 2.00 bits per heavy atom. The molecular formula is C23H18ClN3O5. The van der Waals surface area contributed by atoms with Crippen LogP contribution in [0.15, 0.2) is 33.2 Å². The molecule has 0 fully saturated rings. The number of furan rings is 1. The second kappa shape index (κ2) is 8.36. The average molecular weight is 452 g/mol. The van der Waals surface area contributed by atoms with Crippen LogP contribution in [-0.2, 0) is 0 Å². The van der Waals surface area contributed by atoms with Crippen LogP contribution in [-0.4, -0.2) is 22.7 Å². The van der Waals surface area contributed by atoms with Crippen LogP contribution in [0, 0.1) is 32.1 Å². The summed E-state index contributed by atoms with van der Waals surface area (Å²) in [6, 6.07) is 8.30. The number of ether oxygens (including phenoxy) is 2. The fourth-order valence-corrected chi connectivity index (χ4v) is 3.67. The maximum Gasteiger partial charge on any atom is 0.344 e. The maximum absolute atomic E-state index is 13.3. The molecule has 0 aliphatic carbocycles. The molecular weight excluding hydrogens is 434 g/mol. The highest BCUT2D eigenvalue weighted by molar-refractivity contribution is 6.32. The molecule has 0 bridgehead atoms. The van der Waals surface area contributed by atoms with Crippen LogP contribution in [0.5, 0.6) is 11.5 Å². The summed E-state index contributed by atoms with van der Waals surface area (Å²) in [6.45, 7) is 7.40. The van der Waals surface area contributed by atoms with E-state index in [1.54, 1.807) is 19.9 Å². The molecule has 4 rings (SSSR count). The van der Waals surface area contributed by atoms with E-state index in [0.29, 0.717) is 34.9 Å². The highest BCUT2D eigenvalue weighted by atomic mass is 35.5. The lowest BCUT2D eigenvalue weighted by Crippen LogP contribution is -2.12. The molecule has 8 nitrogen and oxygen atoms in total. The van der Waals surface area contributed by atoms with E-state index < -0.39 is 5.97 Å². The number of carbonyl (C=O) groups excluding carboxylic acids is 1. The quantitative estimate of drug-likeness (QED) is 0.286. The van der Waals surface area contributed by atoms with Crippen molar-refractivity contribution in [2.24, 2.45) is 0 Å². The van der Waals surface area contributed by atoms with Gasteiger partial charge in [-0.05, 0) is 45.9 Å². The third-order valence-corrected chi connectivity index (χ3v) is 5.07. The number of nitrogens with zero attached hydrogens (tertiary/aromatic N) is 3. The predicted molar refractivity (Wildman–Crippen MR) is 116 cm³/mol. The van der Waals surface area contributed by atoms with Gasteiger partial charge in [0.2, 0.25) is 0 Å². The number of halogens is 1. The number of aryl methyl sites for hydroxylation is 3. The molecule has 0 aliphatic heterocycles. The molecule has 32 heavy (non-hydrogen) atoms. The Kier molecular flexibility index (Phi) is 5.59. The van der Waals surface area contributed by atoms with Crippen molar-refractivity contribution in [2.75, 3.05) is 6.61 Å². The van der Waals surface area contributed by atoms with Crippen LogP contribution in [0.1, 0.15) is 40.1 Å². The summed E-state index contributed by atoms with van der Waals surface area (Å²) in [5.41, 5.74) is 2.37. The molecule has 162 valence electrons. The summed E-state index contributed by atoms with van der Waals surface area (Å²) in [7, 11) is 0. The number of rotatable bonds is 5. The van der Waals surface area contributed by atoms with Gasteiger partial charge in [-0.25, -0.2) is 9.78 Å². The van der Waals surface area contributed by atoms with Gasteiger partial charge in [0.25, 0.3) is 5.71 Å². The number of nitriles is 1. The van der Waals surface area contributed by atoms with Gasteiger partial charge in [-0.3, -0.25) is 0 Å². The third-order valence-electron chi connectivity index (χ3n) is 4.79. The summed E-state index contributed by atoms with van der Waals surface area (Å²) in [5, 5.41) is 13.6. The normalized spacial score (nSPS) is 10.9. The van der Waals surface area contributed by atoms with E-state index in [4.69, 9.17) is 30.0 Å². The van der Waals surface area contributed by atoms with Crippen molar-refractivity contribution in [2.45, 2.75) is 27.7 Å². The highest BCUT2D eigenvalue weighted by Crippen LogP contribution is 2.38. The van der Waals surface area contributed by atoms with Crippen molar-refractivity contribution >= 4 is 28.7 Å². The fourth-order valence-electron chi connectivity index (χ4n) is 3.42. The van der Waals surface area contributed by atoms with E-state index in [9.17, 15) is 10.1 Å². The minimum absolute atomic E-state index is 0.0217. The topological polar surface area (TPSA) is 111 Å². The molecule has 0 radical (unpaired) electrons. The van der Waals surface area contributed by atoms with Gasteiger partial charge < -0.3 is 18.4 Å². The Morgan fingerprint density at radius 3 is 2.66 bits per heavy atom. The number of fused-ring (bicyclic) bond motifs is 1. The zero-order chi connectivity index (χ0) is 23.0. The lowest BCUT2D eigenvalue weighted by Gasteiger charge is -2.13. The monoisotopic (exact) mass is 451 g/mol. The summed E-state index contributed by atoms with van der Waals surface area (Å²) < 4.78 is 22.1. The SMILES string of the molecule is CCOc1cc(C#N)cc(Cl)c1OC(=O)c1cc(-c2cc(C)oc2C)nc2onc(C)c12. The molecule has 0 saturated heterocycles. The maximum atomic E-state index is 13.3. The van der Waals surface area contributed by atoms with Gasteiger partial charge in [0.05, 0.1) is 45.6 Å². The summed E-state index contributed by atoms with van der Waals surface area (Å²) in [5.74, 6) is 0.879. The number of esters is 1. The molecule has 0 saturated carbocycles. The van der Waals surface area contributed by atoms with Crippen molar-refractivity contribution in [3.8, 4) is 28.8 Å². The Bertz CT molecular complexity index is 1400. The smallest absolute Gasteiger partial charge is 0.344 e. The zero-order valence-corrected chi connectivity index (χ0v) is 18.5. The van der Waals surface area contributed by atoms with Gasteiger partial charge in [-0.2, -0.15) is 5.26 Å². The Labute approximate surface area is 188 Å². The molecule has 0 atom stereocenters. The van der Waals surface area contributed by atoms with Gasteiger partial charge in [0.15, 0.2) is 11.5 Å². The largest absolute Gasteiger partial charge is 0.490 e. The van der Waals surface area contributed by atoms with E-state index in [-0.39, 0.29) is 33.4 Å². The first kappa shape index (κ1) is 21.4. The summed E-state index contributed by atoms with van der Waals surface area (Å²) >= 11 is 6.30. The van der Waals surface area contributed by atoms with Crippen LogP contribution in [0.2, 0.25) is 5.02 Å². The van der Waals surface area contributed by atoms with Gasteiger partial charge in [-0.15, -0.1) is 0 Å². The second-order valence-electron chi connectivity index (χ2n) is 7.05. The molecule has 3 heterocycles. The van der Waals surface area contributed by atoms with E-state index >= 15 is 0 Å². The first-order valence-electron chi connectivity index (χ1n) is 9.75. The lowest BCUT2D eigenvalue weighted by atomic mass is 10.1. The molecule has 0 aliphatic rings. The van der Waals surface area contributed by atoms with E-state index in [1.807, 2.05) is 26.0 Å². The first-order chi connectivity index (χ1) is 15.3. The Hall–Kier alpha value is -3.83. The minimum atomic E-state index is -0.699. The standard InChI is InChI=1S/C23H18ClN3O5/c1-5-29-19-8-14(10-25)7-17(24)21(19)31-23(28)16-9-18(15-6-11(2)30-13(15)4)26-22-20(16)12(3)27-32-22/h6-9H,5H2,1-4H3. The van der Waals surface area contributed by atoms with Crippen LogP contribution in [0.3, 0.4) is 0 Å². The minimum Gasteiger partial charge on any atom is -0.490 e. The van der Waals surface area contributed by atoms with Crippen molar-refractivity contribution in [3.05, 3.63) is 57.6 Å². The van der Waals surface area contributed by atoms with Crippen molar-refractivity contribution in [1.82, 2.24) is 10.1 Å². The number of carbonyl (C=O) groups is 1. The number of hydrogen-bond acceptors (Lipinski definition) is 8. The van der Waals surface area contributed by atoms with Gasteiger partial charge in [0.1, 0.15) is 11.5 Å². The van der Waals surface area contributed by atoms with Crippen LogP contribution < -0.4 is 9.47 Å². The number of hydrogen-bond donors (Lipinski definition) is 0. The summed E-state index contributed by atoms with van der Waals surface area (Å²) in [6.07, 6.45) is 0. The van der Waals surface area contributed by atoms with Crippen LogP contribution in [0.4, 0.5) is 0 Å². The van der Waals surface area contributed by atoms with Gasteiger partial charge in [0, 0.05) is 11.6 Å².